The highest BCUT2D eigenvalue weighted by molar-refractivity contribution is 5.71. The summed E-state index contributed by atoms with van der Waals surface area (Å²) in [4.78, 5) is 38.5. The Labute approximate surface area is 503 Å². The van der Waals surface area contributed by atoms with Gasteiger partial charge in [0.05, 0.1) is 0 Å². The summed E-state index contributed by atoms with van der Waals surface area (Å²) < 4.78 is 17.0. The third-order valence-electron chi connectivity index (χ3n) is 15.4. The van der Waals surface area contributed by atoms with Crippen molar-refractivity contribution < 1.29 is 28.6 Å². The maximum Gasteiger partial charge on any atom is 0.306 e. The highest BCUT2D eigenvalue weighted by Gasteiger charge is 2.19. The van der Waals surface area contributed by atoms with Crippen LogP contribution >= 0.6 is 0 Å². The summed E-state index contributed by atoms with van der Waals surface area (Å²) in [6.45, 7) is 6.56. The van der Waals surface area contributed by atoms with E-state index in [2.05, 4.69) is 106 Å². The number of ether oxygens (including phenoxy) is 3. The number of hydrogen-bond acceptors (Lipinski definition) is 6. The Morgan fingerprint density at radius 2 is 0.481 bits per heavy atom. The molecule has 1 unspecified atom stereocenters. The molecule has 0 N–H and O–H groups in total. The third-order valence-corrected chi connectivity index (χ3v) is 15.4. The van der Waals surface area contributed by atoms with Crippen molar-refractivity contribution in [1.82, 2.24) is 0 Å². The molecule has 0 heterocycles. The minimum atomic E-state index is -0.786. The molecule has 6 nitrogen and oxygen atoms in total. The van der Waals surface area contributed by atoms with E-state index in [1.807, 2.05) is 0 Å². The van der Waals surface area contributed by atoms with Gasteiger partial charge in [-0.2, -0.15) is 0 Å². The van der Waals surface area contributed by atoms with Gasteiger partial charge < -0.3 is 14.2 Å². The van der Waals surface area contributed by atoms with Crippen LogP contribution in [0.5, 0.6) is 0 Å². The number of esters is 3. The second-order valence-corrected chi connectivity index (χ2v) is 23.4. The SMILES string of the molecule is CC/C=C\C/C=C\C/C=C\C/C=C\CCCCCCCCC(=O)OC(COC(=O)CCCCCCCCCCCCCC/C=C\C/C=C\C/C=C\CCCCCCC)COC(=O)CCCCCCCCCCCCCCCCCCC. The number of allylic oxidation sites excluding steroid dienone is 14. The molecule has 0 aromatic heterocycles. The quantitative estimate of drug-likeness (QED) is 0.0261. The Morgan fingerprint density at radius 3 is 0.753 bits per heavy atom. The first kappa shape index (κ1) is 77.6. The van der Waals surface area contributed by atoms with Crippen LogP contribution in [0.4, 0.5) is 0 Å². The zero-order chi connectivity index (χ0) is 58.5. The first-order chi connectivity index (χ1) is 40.0. The lowest BCUT2D eigenvalue weighted by molar-refractivity contribution is -0.167. The molecule has 0 spiro atoms. The van der Waals surface area contributed by atoms with E-state index >= 15 is 0 Å². The number of hydrogen-bond donors (Lipinski definition) is 0. The maximum atomic E-state index is 12.9. The lowest BCUT2D eigenvalue weighted by Crippen LogP contribution is -2.30. The normalized spacial score (nSPS) is 12.6. The number of carbonyl (C=O) groups excluding carboxylic acids is 3. The van der Waals surface area contributed by atoms with Gasteiger partial charge in [-0.3, -0.25) is 14.4 Å². The Kier molecular flexibility index (Phi) is 66.2. The zero-order valence-electron chi connectivity index (χ0n) is 53.8. The molecule has 0 amide bonds. The first-order valence-electron chi connectivity index (χ1n) is 35.1. The molecule has 1 atom stereocenters. The molecule has 0 saturated carbocycles. The van der Waals surface area contributed by atoms with Crippen molar-refractivity contribution in [2.45, 2.75) is 361 Å². The zero-order valence-corrected chi connectivity index (χ0v) is 53.8. The minimum absolute atomic E-state index is 0.0794. The van der Waals surface area contributed by atoms with Crippen molar-refractivity contribution in [3.8, 4) is 0 Å². The van der Waals surface area contributed by atoms with Gasteiger partial charge in [-0.25, -0.2) is 0 Å². The molecule has 6 heteroatoms. The molecule has 0 saturated heterocycles. The minimum Gasteiger partial charge on any atom is -0.462 e. The van der Waals surface area contributed by atoms with E-state index in [9.17, 15) is 14.4 Å². The van der Waals surface area contributed by atoms with Crippen molar-refractivity contribution >= 4 is 17.9 Å². The van der Waals surface area contributed by atoms with Crippen LogP contribution in [-0.4, -0.2) is 37.2 Å². The Balaban J connectivity index is 4.33. The summed E-state index contributed by atoms with van der Waals surface area (Å²) >= 11 is 0. The van der Waals surface area contributed by atoms with Crippen molar-refractivity contribution in [2.24, 2.45) is 0 Å². The molecular formula is C75H132O6. The van der Waals surface area contributed by atoms with E-state index in [1.54, 1.807) is 0 Å². The van der Waals surface area contributed by atoms with Crippen molar-refractivity contribution in [1.29, 1.82) is 0 Å². The second-order valence-electron chi connectivity index (χ2n) is 23.4. The van der Waals surface area contributed by atoms with E-state index in [0.29, 0.717) is 19.3 Å². The van der Waals surface area contributed by atoms with Crippen molar-refractivity contribution in [2.75, 3.05) is 13.2 Å². The molecule has 81 heavy (non-hydrogen) atoms. The average Bonchev–Trinajstić information content (AvgIpc) is 3.47. The summed E-state index contributed by atoms with van der Waals surface area (Å²) in [7, 11) is 0. The first-order valence-corrected chi connectivity index (χ1v) is 35.1. The summed E-state index contributed by atoms with van der Waals surface area (Å²) in [5.74, 6) is -0.876. The summed E-state index contributed by atoms with van der Waals surface area (Å²) in [5, 5.41) is 0. The lowest BCUT2D eigenvalue weighted by atomic mass is 10.0. The van der Waals surface area contributed by atoms with Gasteiger partial charge in [-0.05, 0) is 96.3 Å². The summed E-state index contributed by atoms with van der Waals surface area (Å²) in [6, 6.07) is 0. The van der Waals surface area contributed by atoms with Gasteiger partial charge in [0.2, 0.25) is 0 Å². The monoisotopic (exact) mass is 1130 g/mol. The van der Waals surface area contributed by atoms with Gasteiger partial charge in [-0.1, -0.05) is 324 Å². The van der Waals surface area contributed by atoms with Crippen LogP contribution in [0.3, 0.4) is 0 Å². The smallest absolute Gasteiger partial charge is 0.306 e. The highest BCUT2D eigenvalue weighted by atomic mass is 16.6. The van der Waals surface area contributed by atoms with Gasteiger partial charge in [0.1, 0.15) is 13.2 Å². The Morgan fingerprint density at radius 1 is 0.259 bits per heavy atom. The Bertz CT molecular complexity index is 1530. The number of unbranched alkanes of at least 4 members (excludes halogenated alkanes) is 39. The number of carbonyl (C=O) groups is 3. The van der Waals surface area contributed by atoms with Gasteiger partial charge in [0, 0.05) is 19.3 Å². The van der Waals surface area contributed by atoms with Gasteiger partial charge in [0.25, 0.3) is 0 Å². The fourth-order valence-electron chi connectivity index (χ4n) is 10.2. The van der Waals surface area contributed by atoms with E-state index in [1.165, 1.54) is 205 Å². The average molecular weight is 1130 g/mol. The van der Waals surface area contributed by atoms with E-state index < -0.39 is 6.10 Å². The molecule has 468 valence electrons. The second kappa shape index (κ2) is 69.1. The molecule has 0 fully saturated rings. The summed E-state index contributed by atoms with van der Waals surface area (Å²) in [6.07, 6.45) is 91.7. The van der Waals surface area contributed by atoms with Crippen LogP contribution in [0.25, 0.3) is 0 Å². The molecule has 0 bridgehead atoms. The maximum absolute atomic E-state index is 12.9. The molecule has 0 aromatic carbocycles. The molecule has 0 rings (SSSR count). The van der Waals surface area contributed by atoms with Gasteiger partial charge in [0.15, 0.2) is 6.10 Å². The predicted octanol–water partition coefficient (Wildman–Crippen LogP) is 24.2. The number of rotatable bonds is 64. The molecule has 0 aliphatic carbocycles. The molecule has 0 aliphatic rings. The van der Waals surface area contributed by atoms with Crippen LogP contribution in [0, 0.1) is 0 Å². The highest BCUT2D eigenvalue weighted by Crippen LogP contribution is 2.17. The third kappa shape index (κ3) is 67.3. The van der Waals surface area contributed by atoms with Gasteiger partial charge >= 0.3 is 17.9 Å². The topological polar surface area (TPSA) is 78.9 Å². The summed E-state index contributed by atoms with van der Waals surface area (Å²) in [5.41, 5.74) is 0. The molecule has 0 aliphatic heterocycles. The fourth-order valence-corrected chi connectivity index (χ4v) is 10.2. The van der Waals surface area contributed by atoms with E-state index in [4.69, 9.17) is 14.2 Å². The van der Waals surface area contributed by atoms with Gasteiger partial charge in [-0.15, -0.1) is 0 Å². The van der Waals surface area contributed by atoms with Crippen LogP contribution in [0.1, 0.15) is 355 Å². The Hall–Kier alpha value is -3.41. The largest absolute Gasteiger partial charge is 0.462 e. The fraction of sp³-hybridized carbons (Fsp3) is 0.773. The predicted molar refractivity (Wildman–Crippen MR) is 353 cm³/mol. The van der Waals surface area contributed by atoms with Crippen LogP contribution in [-0.2, 0) is 28.6 Å². The molecule has 0 radical (unpaired) electrons. The van der Waals surface area contributed by atoms with E-state index in [-0.39, 0.29) is 31.1 Å². The van der Waals surface area contributed by atoms with Crippen molar-refractivity contribution in [3.05, 3.63) is 85.1 Å². The lowest BCUT2D eigenvalue weighted by Gasteiger charge is -2.18. The van der Waals surface area contributed by atoms with E-state index in [0.717, 1.165) is 109 Å². The van der Waals surface area contributed by atoms with Crippen LogP contribution in [0.2, 0.25) is 0 Å². The van der Waals surface area contributed by atoms with Crippen LogP contribution in [0.15, 0.2) is 85.1 Å². The molecule has 0 aromatic rings. The molecular weight excluding hydrogens is 997 g/mol. The van der Waals surface area contributed by atoms with Crippen molar-refractivity contribution in [3.63, 3.8) is 0 Å². The standard InChI is InChI=1S/C75H132O6/c1-4-7-10-13-16-19-22-25-28-31-33-34-35-36-37-38-39-40-42-44-47-50-53-56-59-62-65-68-74(77)80-71-72(70-79-73(76)67-64-61-58-55-52-49-46-43-30-27-24-21-18-15-12-9-6-3)81-75(78)69-66-63-60-57-54-51-48-45-41-32-29-26-23-20-17-14-11-8-5-2/h8,11,17,20,22,25-26,29,31,33,35-36,41,45,72H,4-7,9-10,12-16,18-19,21,23-24,27-28,30,32,34,37-40,42-44,46-71H2,1-3H3/b11-8-,20-17-,25-22-,29-26-,33-31-,36-35-,45-41-. The van der Waals surface area contributed by atoms with Crippen LogP contribution < -0.4 is 0 Å².